The van der Waals surface area contributed by atoms with Gasteiger partial charge in [-0.2, -0.15) is 5.26 Å². The summed E-state index contributed by atoms with van der Waals surface area (Å²) in [5.74, 6) is 0. The van der Waals surface area contributed by atoms with Crippen molar-refractivity contribution in [3.8, 4) is 50.8 Å². The number of nitrogens with zero attached hydrogens (tertiary/aromatic N) is 4. The second-order valence-corrected chi connectivity index (χ2v) is 17.5. The van der Waals surface area contributed by atoms with Gasteiger partial charge in [0, 0.05) is 38.4 Å². The third-order valence-electron chi connectivity index (χ3n) is 14.0. The topological polar surface area (TPSA) is 38.0 Å². The van der Waals surface area contributed by atoms with Gasteiger partial charge in [0.1, 0.15) is 0 Å². The molecule has 14 aromatic rings. The van der Waals surface area contributed by atoms with Crippen molar-refractivity contribution < 1.29 is 0 Å². The average Bonchev–Trinajstić information content (AvgIpc) is 3.90. The second-order valence-electron chi connectivity index (χ2n) is 17.5. The number of fused-ring (bicyclic) bond motifs is 2. The number of para-hydroxylation sites is 2. The quantitative estimate of drug-likeness (QED) is 0.126. The first-order valence-electron chi connectivity index (χ1n) is 22.3. The molecule has 302 valence electrons. The van der Waals surface area contributed by atoms with Crippen LogP contribution < -0.4 is 0 Å². The molecule has 0 radical (unpaired) electrons. The van der Waals surface area contributed by atoms with Crippen molar-refractivity contribution in [3.63, 3.8) is 0 Å². The fourth-order valence-corrected chi connectivity index (χ4v) is 11.2. The molecule has 0 saturated carbocycles. The van der Waals surface area contributed by atoms with Gasteiger partial charge in [-0.1, -0.05) is 133 Å². The summed E-state index contributed by atoms with van der Waals surface area (Å²) in [7, 11) is 0. The zero-order chi connectivity index (χ0) is 43.6. The van der Waals surface area contributed by atoms with Gasteiger partial charge in [-0.3, -0.25) is 0 Å². The van der Waals surface area contributed by atoms with Crippen LogP contribution in [0.3, 0.4) is 0 Å². The lowest BCUT2D eigenvalue weighted by molar-refractivity contribution is 1.18. The Bertz CT molecular complexity index is 4120. The van der Waals surface area contributed by atoms with Crippen LogP contribution in [0, 0.1) is 17.9 Å². The average molecular weight is 835 g/mol. The molecule has 12 aromatic carbocycles. The van der Waals surface area contributed by atoms with E-state index in [4.69, 9.17) is 6.57 Å². The van der Waals surface area contributed by atoms with E-state index < -0.39 is 0 Å². The molecule has 2 heterocycles. The van der Waals surface area contributed by atoms with Crippen LogP contribution in [0.25, 0.3) is 136 Å². The normalized spacial score (nSPS) is 11.9. The van der Waals surface area contributed by atoms with E-state index in [1.54, 1.807) is 0 Å². The van der Waals surface area contributed by atoms with Crippen molar-refractivity contribution in [1.82, 2.24) is 9.13 Å². The van der Waals surface area contributed by atoms with Crippen LogP contribution in [-0.2, 0) is 0 Å². The van der Waals surface area contributed by atoms with E-state index in [1.807, 2.05) is 30.3 Å². The van der Waals surface area contributed by atoms with Crippen molar-refractivity contribution in [2.45, 2.75) is 0 Å². The van der Waals surface area contributed by atoms with E-state index in [9.17, 15) is 5.26 Å². The zero-order valence-corrected chi connectivity index (χ0v) is 35.4. The summed E-state index contributed by atoms with van der Waals surface area (Å²) >= 11 is 0. The molecule has 4 heteroatoms. The molecule has 0 saturated heterocycles. The molecule has 4 nitrogen and oxygen atoms in total. The van der Waals surface area contributed by atoms with Crippen molar-refractivity contribution in [3.05, 3.63) is 223 Å². The SMILES string of the molecule is [C-]#[N+]c1cc2ccc3cc(-c4ccc(-c5ccc(-c6cc7ccc8cc(C#N)cc9c8c7c(c6)n9-c6ccccc6)c6ccccc56)c5ccccc45)cc4c3c2c(c1)n4-c1ccccc1. The van der Waals surface area contributed by atoms with Crippen molar-refractivity contribution in [2.75, 3.05) is 0 Å². The summed E-state index contributed by atoms with van der Waals surface area (Å²) in [5, 5.41) is 24.1. The van der Waals surface area contributed by atoms with Gasteiger partial charge in [0.2, 0.25) is 0 Å². The molecule has 14 rings (SSSR count). The summed E-state index contributed by atoms with van der Waals surface area (Å²) in [5.41, 5.74) is 14.8. The van der Waals surface area contributed by atoms with E-state index in [0.717, 1.165) is 55.3 Å². The Morgan fingerprint density at radius 2 is 0.742 bits per heavy atom. The standard InChI is InChI=1S/C62H34N4/c1-64-44-32-41-23-22-40-31-43(34-57-61(40)62(41)58(35-44)66(57)46-14-6-3-7-15-46)48-25-27-54(52-19-11-9-17-50(48)52)53-26-24-47(49-16-8-10-18-51(49)53)42-30-39-21-20-38-28-37(36-63)29-55-59(38)60(39)56(33-42)65(55)45-12-4-2-5-13-45/h2-35H. The number of nitriles is 1. The van der Waals surface area contributed by atoms with Gasteiger partial charge in [-0.05, 0) is 149 Å². The summed E-state index contributed by atoms with van der Waals surface area (Å²) in [4.78, 5) is 3.86. The predicted octanol–water partition coefficient (Wildman–Crippen LogP) is 16.8. The van der Waals surface area contributed by atoms with E-state index in [1.165, 1.54) is 76.1 Å². The number of hydrogen-bond acceptors (Lipinski definition) is 1. The molecule has 0 fully saturated rings. The maximum absolute atomic E-state index is 10.0. The molecule has 0 amide bonds. The summed E-state index contributed by atoms with van der Waals surface area (Å²) < 4.78 is 4.66. The molecular weight excluding hydrogens is 801 g/mol. The highest BCUT2D eigenvalue weighted by Crippen LogP contribution is 2.47. The Balaban J connectivity index is 0.961. The fraction of sp³-hybridized carbons (Fsp3) is 0. The Morgan fingerprint density at radius 1 is 0.364 bits per heavy atom. The molecule has 0 atom stereocenters. The Hall–Kier alpha value is -9.22. The van der Waals surface area contributed by atoms with Crippen LogP contribution >= 0.6 is 0 Å². The molecule has 0 bridgehead atoms. The molecule has 0 aliphatic carbocycles. The zero-order valence-electron chi connectivity index (χ0n) is 35.4. The van der Waals surface area contributed by atoms with Crippen molar-refractivity contribution in [1.29, 1.82) is 5.26 Å². The highest BCUT2D eigenvalue weighted by atomic mass is 15.0. The van der Waals surface area contributed by atoms with Crippen LogP contribution in [0.1, 0.15) is 5.56 Å². The third-order valence-corrected chi connectivity index (χ3v) is 14.0. The molecule has 0 aliphatic heterocycles. The highest BCUT2D eigenvalue weighted by molar-refractivity contribution is 6.27. The summed E-state index contributed by atoms with van der Waals surface area (Å²) in [6.45, 7) is 7.90. The molecule has 0 aliphatic rings. The Morgan fingerprint density at radius 3 is 1.20 bits per heavy atom. The second kappa shape index (κ2) is 13.6. The lowest BCUT2D eigenvalue weighted by atomic mass is 9.87. The minimum absolute atomic E-state index is 0.641. The van der Waals surface area contributed by atoms with E-state index >= 15 is 0 Å². The molecule has 0 N–H and O–H groups in total. The Labute approximate surface area is 379 Å². The number of hydrogen-bond donors (Lipinski definition) is 0. The van der Waals surface area contributed by atoms with Gasteiger partial charge < -0.3 is 9.13 Å². The van der Waals surface area contributed by atoms with Crippen LogP contribution in [0.5, 0.6) is 0 Å². The first kappa shape index (κ1) is 36.3. The lowest BCUT2D eigenvalue weighted by Gasteiger charge is -2.17. The predicted molar refractivity (Wildman–Crippen MR) is 275 cm³/mol. The molecular formula is C62H34N4. The van der Waals surface area contributed by atoms with E-state index in [2.05, 4.69) is 196 Å². The van der Waals surface area contributed by atoms with Crippen molar-refractivity contribution >= 4 is 92.4 Å². The molecule has 2 aromatic heterocycles. The van der Waals surface area contributed by atoms with E-state index in [-0.39, 0.29) is 0 Å². The number of rotatable bonds is 5. The molecule has 66 heavy (non-hydrogen) atoms. The first-order valence-corrected chi connectivity index (χ1v) is 22.3. The monoisotopic (exact) mass is 834 g/mol. The maximum atomic E-state index is 10.0. The Kier molecular flexibility index (Phi) is 7.50. The van der Waals surface area contributed by atoms with Gasteiger partial charge >= 0.3 is 0 Å². The first-order chi connectivity index (χ1) is 32.6. The maximum Gasteiger partial charge on any atom is 0.189 e. The number of aromatic nitrogens is 2. The fourth-order valence-electron chi connectivity index (χ4n) is 11.2. The highest BCUT2D eigenvalue weighted by Gasteiger charge is 2.23. The lowest BCUT2D eigenvalue weighted by Crippen LogP contribution is -1.94. The van der Waals surface area contributed by atoms with E-state index in [0.29, 0.717) is 11.3 Å². The number of benzene rings is 12. The minimum atomic E-state index is 0.641. The van der Waals surface area contributed by atoms with Gasteiger partial charge in [-0.15, -0.1) is 0 Å². The van der Waals surface area contributed by atoms with Gasteiger partial charge in [0.15, 0.2) is 5.69 Å². The van der Waals surface area contributed by atoms with Crippen molar-refractivity contribution in [2.24, 2.45) is 0 Å². The summed E-state index contributed by atoms with van der Waals surface area (Å²) in [6, 6.07) is 76.5. The minimum Gasteiger partial charge on any atom is -0.310 e. The van der Waals surface area contributed by atoms with Crippen LogP contribution in [0.15, 0.2) is 206 Å². The van der Waals surface area contributed by atoms with Crippen LogP contribution in [0.2, 0.25) is 0 Å². The largest absolute Gasteiger partial charge is 0.310 e. The van der Waals surface area contributed by atoms with Crippen LogP contribution in [-0.4, -0.2) is 9.13 Å². The smallest absolute Gasteiger partial charge is 0.189 e. The van der Waals surface area contributed by atoms with Gasteiger partial charge in [-0.25, -0.2) is 4.85 Å². The third kappa shape index (κ3) is 5.07. The summed E-state index contributed by atoms with van der Waals surface area (Å²) in [6.07, 6.45) is 0. The van der Waals surface area contributed by atoms with Crippen LogP contribution in [0.4, 0.5) is 5.69 Å². The molecule has 0 spiro atoms. The van der Waals surface area contributed by atoms with Gasteiger partial charge in [0.25, 0.3) is 0 Å². The van der Waals surface area contributed by atoms with Gasteiger partial charge in [0.05, 0.1) is 34.8 Å². The molecule has 0 unspecified atom stereocenters.